The van der Waals surface area contributed by atoms with Gasteiger partial charge in [0, 0.05) is 38.8 Å². The van der Waals surface area contributed by atoms with Crippen LogP contribution >= 0.6 is 0 Å². The van der Waals surface area contributed by atoms with Gasteiger partial charge in [0.15, 0.2) is 5.96 Å². The second kappa shape index (κ2) is 10.3. The van der Waals surface area contributed by atoms with Crippen LogP contribution in [0.5, 0.6) is 5.75 Å². The summed E-state index contributed by atoms with van der Waals surface area (Å²) < 4.78 is 35.0. The molecule has 1 saturated heterocycles. The molecule has 146 valence electrons. The molecule has 1 fully saturated rings. The third kappa shape index (κ3) is 6.42. The van der Waals surface area contributed by atoms with Crippen molar-refractivity contribution in [3.05, 3.63) is 29.8 Å². The van der Waals surface area contributed by atoms with E-state index in [1.807, 2.05) is 6.07 Å². The van der Waals surface area contributed by atoms with Gasteiger partial charge in [0.05, 0.1) is 6.61 Å². The van der Waals surface area contributed by atoms with Gasteiger partial charge in [-0.25, -0.2) is 8.78 Å². The molecular weight excluding hydrogens is 344 g/mol. The van der Waals surface area contributed by atoms with Gasteiger partial charge in [-0.3, -0.25) is 4.99 Å². The lowest BCUT2D eigenvalue weighted by Gasteiger charge is -2.27. The van der Waals surface area contributed by atoms with Crippen molar-refractivity contribution in [1.29, 1.82) is 0 Å². The van der Waals surface area contributed by atoms with Crippen LogP contribution in [0.25, 0.3) is 0 Å². The van der Waals surface area contributed by atoms with E-state index in [2.05, 4.69) is 15.6 Å². The molecule has 8 heteroatoms. The van der Waals surface area contributed by atoms with E-state index in [4.69, 9.17) is 9.47 Å². The second-order valence-electron chi connectivity index (χ2n) is 6.41. The molecule has 0 spiro atoms. The van der Waals surface area contributed by atoms with E-state index >= 15 is 0 Å². The maximum Gasteiger partial charge on any atom is 0.272 e. The number of nitrogens with one attached hydrogen (secondary N) is 2. The van der Waals surface area contributed by atoms with Gasteiger partial charge in [0.2, 0.25) is 0 Å². The molecule has 1 aliphatic heterocycles. The lowest BCUT2D eigenvalue weighted by Crippen LogP contribution is -2.44. The molecule has 0 radical (unpaired) electrons. The quantitative estimate of drug-likeness (QED) is 0.456. The molecule has 2 rings (SSSR count). The van der Waals surface area contributed by atoms with Crippen molar-refractivity contribution in [1.82, 2.24) is 10.6 Å². The molecule has 1 aliphatic rings. The number of hydrogen-bond acceptors (Lipinski definition) is 4. The molecular formula is C18H27F2N3O3. The Labute approximate surface area is 152 Å². The molecule has 1 aromatic rings. The molecule has 1 unspecified atom stereocenters. The summed E-state index contributed by atoms with van der Waals surface area (Å²) in [4.78, 5) is 4.20. The van der Waals surface area contributed by atoms with E-state index in [1.54, 1.807) is 25.2 Å². The van der Waals surface area contributed by atoms with Crippen LogP contribution in [0.1, 0.15) is 18.4 Å². The fourth-order valence-electron chi connectivity index (χ4n) is 2.89. The van der Waals surface area contributed by atoms with Crippen LogP contribution in [0.4, 0.5) is 8.78 Å². The lowest BCUT2D eigenvalue weighted by molar-refractivity contribution is 0.0818. The molecule has 1 heterocycles. The maximum absolute atomic E-state index is 12.2. The topological polar surface area (TPSA) is 75.1 Å². The Bertz CT molecular complexity index is 579. The first-order chi connectivity index (χ1) is 12.6. The highest BCUT2D eigenvalue weighted by molar-refractivity contribution is 5.79. The molecule has 0 aromatic heterocycles. The highest BCUT2D eigenvalue weighted by Crippen LogP contribution is 2.31. The summed E-state index contributed by atoms with van der Waals surface area (Å²) in [7, 11) is 1.68. The zero-order valence-electron chi connectivity index (χ0n) is 15.0. The molecule has 6 nitrogen and oxygen atoms in total. The highest BCUT2D eigenvalue weighted by atomic mass is 19.3. The van der Waals surface area contributed by atoms with Crippen LogP contribution in [0.3, 0.4) is 0 Å². The highest BCUT2D eigenvalue weighted by Gasteiger charge is 2.34. The van der Waals surface area contributed by atoms with E-state index in [1.165, 1.54) is 0 Å². The summed E-state index contributed by atoms with van der Waals surface area (Å²) in [5, 5.41) is 15.8. The molecule has 1 atom stereocenters. The fourth-order valence-corrected chi connectivity index (χ4v) is 2.89. The first-order valence-electron chi connectivity index (χ1n) is 8.70. The summed E-state index contributed by atoms with van der Waals surface area (Å²) in [6, 6.07) is 7.02. The SMILES string of the molecule is CN=C(NCc1cccc(OCC(F)F)c1)NCC1(CCO)CCOC1. The van der Waals surface area contributed by atoms with Gasteiger partial charge < -0.3 is 25.2 Å². The molecule has 0 bridgehead atoms. The number of aliphatic hydroxyl groups excluding tert-OH is 1. The van der Waals surface area contributed by atoms with Crippen molar-refractivity contribution in [2.75, 3.05) is 40.0 Å². The number of ether oxygens (including phenoxy) is 2. The van der Waals surface area contributed by atoms with Gasteiger partial charge in [-0.05, 0) is 30.5 Å². The van der Waals surface area contributed by atoms with Gasteiger partial charge in [0.1, 0.15) is 12.4 Å². The normalized spacial score (nSPS) is 20.4. The molecule has 0 aliphatic carbocycles. The number of benzene rings is 1. The largest absolute Gasteiger partial charge is 0.488 e. The van der Waals surface area contributed by atoms with Crippen molar-refractivity contribution >= 4 is 5.96 Å². The molecule has 3 N–H and O–H groups in total. The lowest BCUT2D eigenvalue weighted by atomic mass is 9.84. The van der Waals surface area contributed by atoms with Gasteiger partial charge in [-0.15, -0.1) is 0 Å². The maximum atomic E-state index is 12.2. The number of aliphatic imine (C=N–C) groups is 1. The standard InChI is InChI=1S/C18H27F2N3O3/c1-21-17(23-12-18(5-7-24)6-8-25-13-18)22-10-14-3-2-4-15(9-14)26-11-16(19)20/h2-4,9,16,24H,5-8,10-13H2,1H3,(H2,21,22,23). The third-order valence-electron chi connectivity index (χ3n) is 4.42. The van der Waals surface area contributed by atoms with Crippen molar-refractivity contribution in [2.45, 2.75) is 25.8 Å². The smallest absolute Gasteiger partial charge is 0.272 e. The average Bonchev–Trinajstić information content (AvgIpc) is 3.09. The number of nitrogens with zero attached hydrogens (tertiary/aromatic N) is 1. The summed E-state index contributed by atoms with van der Waals surface area (Å²) >= 11 is 0. The number of aliphatic hydroxyl groups is 1. The summed E-state index contributed by atoms with van der Waals surface area (Å²) in [6.07, 6.45) is -0.910. The Hall–Kier alpha value is -1.93. The Balaban J connectivity index is 1.84. The summed E-state index contributed by atoms with van der Waals surface area (Å²) in [6.45, 7) is 1.98. The van der Waals surface area contributed by atoms with Gasteiger partial charge in [-0.1, -0.05) is 12.1 Å². The zero-order chi connectivity index (χ0) is 18.8. The predicted molar refractivity (Wildman–Crippen MR) is 95.7 cm³/mol. The molecule has 1 aromatic carbocycles. The Kier molecular flexibility index (Phi) is 8.06. The predicted octanol–water partition coefficient (Wildman–Crippen LogP) is 1.78. The monoisotopic (exact) mass is 371 g/mol. The van der Waals surface area contributed by atoms with Crippen LogP contribution < -0.4 is 15.4 Å². The van der Waals surface area contributed by atoms with E-state index in [9.17, 15) is 13.9 Å². The van der Waals surface area contributed by atoms with Gasteiger partial charge >= 0.3 is 0 Å². The fraction of sp³-hybridized carbons (Fsp3) is 0.611. The van der Waals surface area contributed by atoms with E-state index in [0.29, 0.717) is 44.4 Å². The Morgan fingerprint density at radius 1 is 1.42 bits per heavy atom. The number of halogens is 2. The number of alkyl halides is 2. The first kappa shape index (κ1) is 20.4. The van der Waals surface area contributed by atoms with Crippen molar-refractivity contribution in [3.63, 3.8) is 0 Å². The average molecular weight is 371 g/mol. The number of rotatable bonds is 9. The van der Waals surface area contributed by atoms with Crippen LogP contribution in [0.2, 0.25) is 0 Å². The van der Waals surface area contributed by atoms with Crippen LogP contribution in [-0.4, -0.2) is 57.5 Å². The van der Waals surface area contributed by atoms with Crippen LogP contribution in [-0.2, 0) is 11.3 Å². The second-order valence-corrected chi connectivity index (χ2v) is 6.41. The zero-order valence-corrected chi connectivity index (χ0v) is 15.0. The van der Waals surface area contributed by atoms with E-state index in [-0.39, 0.29) is 12.0 Å². The van der Waals surface area contributed by atoms with Gasteiger partial charge in [0.25, 0.3) is 6.43 Å². The third-order valence-corrected chi connectivity index (χ3v) is 4.42. The first-order valence-corrected chi connectivity index (χ1v) is 8.70. The molecule has 0 saturated carbocycles. The van der Waals surface area contributed by atoms with E-state index in [0.717, 1.165) is 12.0 Å². The van der Waals surface area contributed by atoms with Crippen LogP contribution in [0, 0.1) is 5.41 Å². The summed E-state index contributed by atoms with van der Waals surface area (Å²) in [5.41, 5.74) is 0.823. The van der Waals surface area contributed by atoms with Crippen molar-refractivity contribution < 1.29 is 23.4 Å². The number of hydrogen-bond donors (Lipinski definition) is 3. The van der Waals surface area contributed by atoms with Crippen molar-refractivity contribution in [2.24, 2.45) is 10.4 Å². The van der Waals surface area contributed by atoms with E-state index < -0.39 is 13.0 Å². The Morgan fingerprint density at radius 3 is 2.92 bits per heavy atom. The number of guanidine groups is 1. The minimum atomic E-state index is -2.49. The van der Waals surface area contributed by atoms with Gasteiger partial charge in [-0.2, -0.15) is 0 Å². The summed E-state index contributed by atoms with van der Waals surface area (Å²) in [5.74, 6) is 1.05. The molecule has 0 amide bonds. The minimum Gasteiger partial charge on any atom is -0.488 e. The molecule has 26 heavy (non-hydrogen) atoms. The Morgan fingerprint density at radius 2 is 2.27 bits per heavy atom. The van der Waals surface area contributed by atoms with Crippen molar-refractivity contribution in [3.8, 4) is 5.75 Å². The van der Waals surface area contributed by atoms with Crippen LogP contribution in [0.15, 0.2) is 29.3 Å². The minimum absolute atomic E-state index is 0.0740.